The van der Waals surface area contributed by atoms with E-state index in [1.165, 1.54) is 12.0 Å². The molecule has 1 atom stereocenters. The maximum Gasteiger partial charge on any atom is 0.207 e. The average Bonchev–Trinajstić information content (AvgIpc) is 2.59. The molecule has 6 heteroatoms. The summed E-state index contributed by atoms with van der Waals surface area (Å²) < 4.78 is 5.49. The van der Waals surface area contributed by atoms with Crippen molar-refractivity contribution < 1.29 is 14.3 Å². The summed E-state index contributed by atoms with van der Waals surface area (Å²) in [5.41, 5.74) is 2.44. The first-order chi connectivity index (χ1) is 11.3. The second kappa shape index (κ2) is 9.94. The van der Waals surface area contributed by atoms with Gasteiger partial charge in [-0.15, -0.1) is 0 Å². The molecule has 0 spiro atoms. The predicted molar refractivity (Wildman–Crippen MR) is 88.5 cm³/mol. The Bertz CT molecular complexity index is 508. The molecule has 1 amide bonds. The molecule has 2 N–H and O–H groups in total. The molecule has 0 saturated carbocycles. The van der Waals surface area contributed by atoms with Crippen LogP contribution in [0.5, 0.6) is 0 Å². The quantitative estimate of drug-likeness (QED) is 0.477. The Morgan fingerprint density at radius 2 is 2.22 bits per heavy atom. The Morgan fingerprint density at radius 1 is 1.30 bits per heavy atom. The molecule has 1 aliphatic heterocycles. The fourth-order valence-corrected chi connectivity index (χ4v) is 2.61. The van der Waals surface area contributed by atoms with Crippen molar-refractivity contribution >= 4 is 18.5 Å². The highest BCUT2D eigenvalue weighted by molar-refractivity contribution is 5.63. The minimum Gasteiger partial charge on any atom is -0.381 e. The van der Waals surface area contributed by atoms with Crippen LogP contribution >= 0.6 is 0 Å². The summed E-state index contributed by atoms with van der Waals surface area (Å²) in [6.07, 6.45) is 7.01. The van der Waals surface area contributed by atoms with Gasteiger partial charge in [0.2, 0.25) is 6.41 Å². The molecule has 6 nitrogen and oxygen atoms in total. The average molecular weight is 319 g/mol. The smallest absolute Gasteiger partial charge is 0.207 e. The fraction of sp³-hybridized carbons (Fsp3) is 0.588. The third-order valence-corrected chi connectivity index (χ3v) is 3.94. The van der Waals surface area contributed by atoms with Crippen LogP contribution < -0.4 is 10.6 Å². The molecule has 2 heterocycles. The molecule has 1 aromatic rings. The molecule has 126 valence electrons. The van der Waals surface area contributed by atoms with E-state index < -0.39 is 6.04 Å². The van der Waals surface area contributed by atoms with Gasteiger partial charge in [0, 0.05) is 25.5 Å². The van der Waals surface area contributed by atoms with E-state index in [0.717, 1.165) is 50.0 Å². The van der Waals surface area contributed by atoms with E-state index in [1.54, 1.807) is 0 Å². The number of amides is 1. The Kier molecular flexibility index (Phi) is 7.52. The van der Waals surface area contributed by atoms with Gasteiger partial charge in [-0.2, -0.15) is 0 Å². The van der Waals surface area contributed by atoms with E-state index in [2.05, 4.69) is 27.8 Å². The van der Waals surface area contributed by atoms with E-state index in [-0.39, 0.29) is 0 Å². The molecule has 0 fully saturated rings. The summed E-state index contributed by atoms with van der Waals surface area (Å²) in [5.74, 6) is 1.05. The van der Waals surface area contributed by atoms with Gasteiger partial charge >= 0.3 is 0 Å². The Balaban J connectivity index is 1.57. The second-order valence-corrected chi connectivity index (χ2v) is 5.73. The lowest BCUT2D eigenvalue weighted by atomic mass is 10.1. The van der Waals surface area contributed by atoms with Gasteiger partial charge in [-0.05, 0) is 50.2 Å². The van der Waals surface area contributed by atoms with Crippen molar-refractivity contribution in [1.82, 2.24) is 10.3 Å². The molecule has 0 bridgehead atoms. The van der Waals surface area contributed by atoms with Crippen LogP contribution in [0.15, 0.2) is 12.1 Å². The lowest BCUT2D eigenvalue weighted by Crippen LogP contribution is -2.30. The number of nitrogens with one attached hydrogen (secondary N) is 2. The molecule has 0 aromatic carbocycles. The molecule has 0 saturated heterocycles. The molecular weight excluding hydrogens is 294 g/mol. The van der Waals surface area contributed by atoms with Gasteiger partial charge in [0.25, 0.3) is 0 Å². The van der Waals surface area contributed by atoms with Gasteiger partial charge in [-0.25, -0.2) is 4.98 Å². The number of rotatable bonds is 11. The first-order valence-corrected chi connectivity index (χ1v) is 8.29. The zero-order chi connectivity index (χ0) is 16.3. The fourth-order valence-electron chi connectivity index (χ4n) is 2.61. The molecule has 0 radical (unpaired) electrons. The number of unbranched alkanes of at least 4 members (excludes halogenated alkanes) is 1. The van der Waals surface area contributed by atoms with Crippen LogP contribution in [0.25, 0.3) is 0 Å². The number of ether oxygens (including phenoxy) is 1. The molecule has 1 unspecified atom stereocenters. The SMILES string of the molecule is O=CNC(C=O)CCOCCCCc1ccc2c(n1)NCCC2. The number of hydrogen-bond donors (Lipinski definition) is 2. The lowest BCUT2D eigenvalue weighted by molar-refractivity contribution is -0.115. The minimum atomic E-state index is -0.445. The van der Waals surface area contributed by atoms with Crippen LogP contribution in [-0.4, -0.2) is 43.5 Å². The number of aldehydes is 1. The van der Waals surface area contributed by atoms with Crippen molar-refractivity contribution in [2.75, 3.05) is 25.1 Å². The number of carbonyl (C=O) groups is 2. The number of anilines is 1. The molecule has 2 rings (SSSR count). The topological polar surface area (TPSA) is 80.3 Å². The maximum absolute atomic E-state index is 10.6. The Morgan fingerprint density at radius 3 is 3.04 bits per heavy atom. The molecule has 23 heavy (non-hydrogen) atoms. The number of hydrogen-bond acceptors (Lipinski definition) is 5. The van der Waals surface area contributed by atoms with Gasteiger partial charge in [0.1, 0.15) is 12.1 Å². The number of pyridine rings is 1. The monoisotopic (exact) mass is 319 g/mol. The standard InChI is InChI=1S/C17H25N3O3/c21-12-16(19-13-22)8-11-23-10-2-1-5-15-7-6-14-4-3-9-18-17(14)20-15/h6-7,12-13,16H,1-5,8-11H2,(H,18,20)(H,19,22). The van der Waals surface area contributed by atoms with Crippen LogP contribution in [0.2, 0.25) is 0 Å². The normalized spacial score (nSPS) is 14.4. The van der Waals surface area contributed by atoms with Crippen molar-refractivity contribution in [1.29, 1.82) is 0 Å². The number of aromatic nitrogens is 1. The van der Waals surface area contributed by atoms with Crippen LogP contribution in [0, 0.1) is 0 Å². The predicted octanol–water partition coefficient (Wildman–Crippen LogP) is 1.48. The van der Waals surface area contributed by atoms with Crippen LogP contribution in [0.3, 0.4) is 0 Å². The summed E-state index contributed by atoms with van der Waals surface area (Å²) in [4.78, 5) is 25.6. The summed E-state index contributed by atoms with van der Waals surface area (Å²) in [7, 11) is 0. The van der Waals surface area contributed by atoms with E-state index in [9.17, 15) is 9.59 Å². The molecule has 1 aromatic heterocycles. The highest BCUT2D eigenvalue weighted by Crippen LogP contribution is 2.20. The second-order valence-electron chi connectivity index (χ2n) is 5.73. The van der Waals surface area contributed by atoms with Gasteiger partial charge in [-0.3, -0.25) is 4.79 Å². The first kappa shape index (κ1) is 17.4. The van der Waals surface area contributed by atoms with Crippen molar-refractivity contribution in [3.63, 3.8) is 0 Å². The largest absolute Gasteiger partial charge is 0.381 e. The van der Waals surface area contributed by atoms with Crippen LogP contribution in [0.4, 0.5) is 5.82 Å². The number of nitrogens with zero attached hydrogens (tertiary/aromatic N) is 1. The molecular formula is C17H25N3O3. The Labute approximate surface area is 137 Å². The van der Waals surface area contributed by atoms with Gasteiger partial charge in [0.05, 0.1) is 6.04 Å². The third kappa shape index (κ3) is 5.98. The minimum absolute atomic E-state index is 0.445. The van der Waals surface area contributed by atoms with E-state index >= 15 is 0 Å². The summed E-state index contributed by atoms with van der Waals surface area (Å²) in [6, 6.07) is 3.85. The summed E-state index contributed by atoms with van der Waals surface area (Å²) in [5, 5.41) is 5.79. The van der Waals surface area contributed by atoms with Gasteiger partial charge in [0.15, 0.2) is 0 Å². The van der Waals surface area contributed by atoms with Crippen molar-refractivity contribution in [3.05, 3.63) is 23.4 Å². The van der Waals surface area contributed by atoms with Crippen molar-refractivity contribution in [2.45, 2.75) is 44.6 Å². The van der Waals surface area contributed by atoms with E-state index in [0.29, 0.717) is 26.0 Å². The van der Waals surface area contributed by atoms with Crippen molar-refractivity contribution in [2.24, 2.45) is 0 Å². The molecule has 1 aliphatic rings. The maximum atomic E-state index is 10.6. The Hall–Kier alpha value is -1.95. The zero-order valence-corrected chi connectivity index (χ0v) is 13.4. The van der Waals surface area contributed by atoms with E-state index in [4.69, 9.17) is 4.74 Å². The van der Waals surface area contributed by atoms with Crippen molar-refractivity contribution in [3.8, 4) is 0 Å². The first-order valence-electron chi connectivity index (χ1n) is 8.29. The highest BCUT2D eigenvalue weighted by Gasteiger charge is 2.10. The highest BCUT2D eigenvalue weighted by atomic mass is 16.5. The van der Waals surface area contributed by atoms with Gasteiger partial charge < -0.3 is 20.2 Å². The summed E-state index contributed by atoms with van der Waals surface area (Å²) in [6.45, 7) is 2.15. The summed E-state index contributed by atoms with van der Waals surface area (Å²) >= 11 is 0. The van der Waals surface area contributed by atoms with Gasteiger partial charge in [-0.1, -0.05) is 6.07 Å². The zero-order valence-electron chi connectivity index (χ0n) is 13.4. The number of fused-ring (bicyclic) bond motifs is 1. The molecule has 0 aliphatic carbocycles. The van der Waals surface area contributed by atoms with Crippen LogP contribution in [0.1, 0.15) is 36.9 Å². The third-order valence-electron chi connectivity index (χ3n) is 3.94. The van der Waals surface area contributed by atoms with Crippen LogP contribution in [-0.2, 0) is 27.2 Å². The van der Waals surface area contributed by atoms with E-state index in [1.807, 2.05) is 0 Å². The number of aryl methyl sites for hydroxylation is 2. The number of carbonyl (C=O) groups excluding carboxylic acids is 2. The lowest BCUT2D eigenvalue weighted by Gasteiger charge is -2.17.